The van der Waals surface area contributed by atoms with Gasteiger partial charge in [0.1, 0.15) is 0 Å². The van der Waals surface area contributed by atoms with Crippen molar-refractivity contribution in [3.05, 3.63) is 28.0 Å². The summed E-state index contributed by atoms with van der Waals surface area (Å²) in [5, 5.41) is 11.4. The van der Waals surface area contributed by atoms with E-state index in [-0.39, 0.29) is 24.4 Å². The van der Waals surface area contributed by atoms with E-state index in [0.717, 1.165) is 18.9 Å². The topological polar surface area (TPSA) is 86.7 Å². The van der Waals surface area contributed by atoms with E-state index in [1.165, 1.54) is 22.3 Å². The van der Waals surface area contributed by atoms with Crippen LogP contribution >= 0.6 is 11.3 Å². The molecule has 1 heterocycles. The van der Waals surface area contributed by atoms with Crippen LogP contribution in [-0.4, -0.2) is 47.4 Å². The van der Waals surface area contributed by atoms with Gasteiger partial charge in [0.25, 0.3) is 5.91 Å². The molecule has 0 unspecified atom stereocenters. The minimum atomic E-state index is -1.04. The van der Waals surface area contributed by atoms with E-state index in [1.54, 1.807) is 19.2 Å². The Morgan fingerprint density at radius 1 is 1.43 bits per heavy atom. The number of likely N-dealkylation sites (N-methyl/N-ethyl adjacent to an activating group) is 1. The quantitative estimate of drug-likeness (QED) is 0.773. The molecule has 112 valence electrons. The predicted molar refractivity (Wildman–Crippen MR) is 79.1 cm³/mol. The first kappa shape index (κ1) is 15.2. The minimum Gasteiger partial charge on any atom is -0.478 e. The lowest BCUT2D eigenvalue weighted by molar-refractivity contribution is -0.131. The fourth-order valence-electron chi connectivity index (χ4n) is 1.69. The second kappa shape index (κ2) is 6.53. The number of hydrogen-bond acceptors (Lipinski definition) is 4. The van der Waals surface area contributed by atoms with Crippen LogP contribution in [0, 0.1) is 0 Å². The van der Waals surface area contributed by atoms with Crippen LogP contribution in [0.25, 0.3) is 6.08 Å². The summed E-state index contributed by atoms with van der Waals surface area (Å²) in [6.45, 7) is 0.0214. The van der Waals surface area contributed by atoms with E-state index in [4.69, 9.17) is 5.11 Å². The van der Waals surface area contributed by atoms with Gasteiger partial charge in [0.2, 0.25) is 5.91 Å². The molecule has 1 aliphatic rings. The Morgan fingerprint density at radius 3 is 2.76 bits per heavy atom. The molecule has 0 radical (unpaired) electrons. The second-order valence-corrected chi connectivity index (χ2v) is 5.99. The third kappa shape index (κ3) is 4.71. The molecule has 1 fully saturated rings. The van der Waals surface area contributed by atoms with E-state index in [1.807, 2.05) is 0 Å². The van der Waals surface area contributed by atoms with Gasteiger partial charge in [-0.1, -0.05) is 0 Å². The predicted octanol–water partition coefficient (Wildman–Crippen LogP) is 1.20. The van der Waals surface area contributed by atoms with Gasteiger partial charge in [0.15, 0.2) is 0 Å². The number of carboxylic acids is 1. The third-order valence-electron chi connectivity index (χ3n) is 2.90. The summed E-state index contributed by atoms with van der Waals surface area (Å²) >= 11 is 1.19. The lowest BCUT2D eigenvalue weighted by Crippen LogP contribution is -2.38. The van der Waals surface area contributed by atoms with Crippen LogP contribution in [-0.2, 0) is 9.59 Å². The van der Waals surface area contributed by atoms with Crippen LogP contribution in [0.3, 0.4) is 0 Å². The van der Waals surface area contributed by atoms with Gasteiger partial charge in [-0.2, -0.15) is 0 Å². The average molecular weight is 308 g/mol. The highest BCUT2D eigenvalue weighted by Crippen LogP contribution is 2.20. The minimum absolute atomic E-state index is 0.0214. The Kier molecular flexibility index (Phi) is 4.74. The molecule has 0 bridgehead atoms. The van der Waals surface area contributed by atoms with Crippen molar-refractivity contribution in [2.45, 2.75) is 18.9 Å². The Morgan fingerprint density at radius 2 is 2.14 bits per heavy atom. The molecule has 2 N–H and O–H groups in total. The van der Waals surface area contributed by atoms with Crippen LogP contribution in [0.5, 0.6) is 0 Å². The maximum absolute atomic E-state index is 12.1. The molecule has 0 aliphatic heterocycles. The normalized spacial score (nSPS) is 14.1. The third-order valence-corrected chi connectivity index (χ3v) is 3.94. The number of nitrogens with zero attached hydrogens (tertiary/aromatic N) is 1. The largest absolute Gasteiger partial charge is 0.478 e. The summed E-state index contributed by atoms with van der Waals surface area (Å²) < 4.78 is 0. The van der Waals surface area contributed by atoms with Crippen molar-refractivity contribution < 1.29 is 19.5 Å². The maximum Gasteiger partial charge on any atom is 0.328 e. The lowest BCUT2D eigenvalue weighted by atomic mass is 10.3. The molecular formula is C14H16N2O4S. The Balaban J connectivity index is 1.92. The maximum atomic E-state index is 12.1. The molecule has 2 rings (SSSR count). The number of carboxylic acid groups (broad SMARTS) is 1. The number of nitrogens with one attached hydrogen (secondary N) is 1. The van der Waals surface area contributed by atoms with Crippen molar-refractivity contribution >= 4 is 35.2 Å². The second-order valence-electron chi connectivity index (χ2n) is 4.88. The number of carbonyl (C=O) groups is 3. The van der Waals surface area contributed by atoms with E-state index in [9.17, 15) is 14.4 Å². The summed E-state index contributed by atoms with van der Waals surface area (Å²) in [6, 6.07) is 3.58. The number of rotatable bonds is 6. The van der Waals surface area contributed by atoms with Gasteiger partial charge in [-0.15, -0.1) is 11.3 Å². The monoisotopic (exact) mass is 308 g/mol. The molecule has 6 nitrogen and oxygen atoms in total. The molecule has 0 saturated heterocycles. The van der Waals surface area contributed by atoms with Gasteiger partial charge in [0.05, 0.1) is 11.4 Å². The zero-order valence-corrected chi connectivity index (χ0v) is 12.4. The van der Waals surface area contributed by atoms with Crippen LogP contribution < -0.4 is 5.32 Å². The van der Waals surface area contributed by atoms with Crippen LogP contribution in [0.1, 0.15) is 27.4 Å². The molecule has 2 amide bonds. The Hall–Kier alpha value is -2.15. The van der Waals surface area contributed by atoms with E-state index in [2.05, 4.69) is 5.32 Å². The van der Waals surface area contributed by atoms with E-state index in [0.29, 0.717) is 9.75 Å². The molecule has 1 aromatic rings. The van der Waals surface area contributed by atoms with Crippen molar-refractivity contribution in [3.63, 3.8) is 0 Å². The highest BCUT2D eigenvalue weighted by molar-refractivity contribution is 7.14. The Bertz CT molecular complexity index is 590. The number of carbonyl (C=O) groups excluding carboxylic acids is 2. The number of aliphatic carboxylic acids is 1. The highest BCUT2D eigenvalue weighted by Gasteiger charge is 2.24. The van der Waals surface area contributed by atoms with E-state index < -0.39 is 5.97 Å². The van der Waals surface area contributed by atoms with Gasteiger partial charge in [0, 0.05) is 24.0 Å². The summed E-state index contributed by atoms with van der Waals surface area (Å²) in [7, 11) is 1.57. The molecule has 7 heteroatoms. The first-order valence-corrected chi connectivity index (χ1v) is 7.33. The van der Waals surface area contributed by atoms with Crippen molar-refractivity contribution in [2.75, 3.05) is 13.6 Å². The van der Waals surface area contributed by atoms with Crippen LogP contribution in [0.4, 0.5) is 0 Å². The van der Waals surface area contributed by atoms with Crippen LogP contribution in [0.2, 0.25) is 0 Å². The fourth-order valence-corrected chi connectivity index (χ4v) is 2.59. The number of amides is 2. The van der Waals surface area contributed by atoms with Crippen molar-refractivity contribution in [1.82, 2.24) is 10.2 Å². The summed E-state index contributed by atoms with van der Waals surface area (Å²) in [6.07, 6.45) is 4.47. The molecule has 0 aromatic carbocycles. The molecular weight excluding hydrogens is 292 g/mol. The molecule has 0 atom stereocenters. The lowest BCUT2D eigenvalue weighted by Gasteiger charge is -2.15. The van der Waals surface area contributed by atoms with Gasteiger partial charge >= 0.3 is 5.97 Å². The van der Waals surface area contributed by atoms with Gasteiger partial charge in [-0.05, 0) is 31.1 Å². The molecule has 1 aliphatic carbocycles. The van der Waals surface area contributed by atoms with E-state index >= 15 is 0 Å². The van der Waals surface area contributed by atoms with Crippen LogP contribution in [0.15, 0.2) is 18.2 Å². The Labute approximate surface area is 126 Å². The average Bonchev–Trinajstić information content (AvgIpc) is 3.09. The summed E-state index contributed by atoms with van der Waals surface area (Å²) in [5.41, 5.74) is 0. The zero-order chi connectivity index (χ0) is 15.4. The number of thiophene rings is 1. The number of hydrogen-bond donors (Lipinski definition) is 2. The molecule has 1 saturated carbocycles. The van der Waals surface area contributed by atoms with Crippen molar-refractivity contribution in [1.29, 1.82) is 0 Å². The molecule has 21 heavy (non-hydrogen) atoms. The van der Waals surface area contributed by atoms with Gasteiger partial charge in [-0.3, -0.25) is 9.59 Å². The van der Waals surface area contributed by atoms with Gasteiger partial charge < -0.3 is 15.3 Å². The molecule has 1 aromatic heterocycles. The van der Waals surface area contributed by atoms with Crippen molar-refractivity contribution in [2.24, 2.45) is 0 Å². The summed E-state index contributed by atoms with van der Waals surface area (Å²) in [5.74, 6) is -1.44. The summed E-state index contributed by atoms with van der Waals surface area (Å²) in [4.78, 5) is 36.7. The smallest absolute Gasteiger partial charge is 0.328 e. The SMILES string of the molecule is CN(CC(=O)NC1CC1)C(=O)c1ccc(C=CC(=O)O)s1. The standard InChI is InChI=1S/C14H16N2O4S/c1-16(8-12(17)15-9-2-3-9)14(20)11-6-4-10(21-11)5-7-13(18)19/h4-7,9H,2-3,8H2,1H3,(H,15,17)(H,18,19). The highest BCUT2D eigenvalue weighted by atomic mass is 32.1. The van der Waals surface area contributed by atoms with Gasteiger partial charge in [-0.25, -0.2) is 4.79 Å². The first-order chi connectivity index (χ1) is 9.95. The zero-order valence-electron chi connectivity index (χ0n) is 11.5. The fraction of sp³-hybridized carbons (Fsp3) is 0.357. The molecule has 0 spiro atoms. The first-order valence-electron chi connectivity index (χ1n) is 6.51. The van der Waals surface area contributed by atoms with Crippen molar-refractivity contribution in [3.8, 4) is 0 Å².